The molecule has 1 atom stereocenters. The number of anilines is 1. The van der Waals surface area contributed by atoms with E-state index in [0.29, 0.717) is 13.1 Å². The van der Waals surface area contributed by atoms with Gasteiger partial charge in [0.1, 0.15) is 0 Å². The molecule has 0 aromatic carbocycles. The van der Waals surface area contributed by atoms with Gasteiger partial charge >= 0.3 is 0 Å². The molecule has 0 radical (unpaired) electrons. The first kappa shape index (κ1) is 12.9. The molecule has 6 nitrogen and oxygen atoms in total. The summed E-state index contributed by atoms with van der Waals surface area (Å²) in [4.78, 5) is 14.2. The van der Waals surface area contributed by atoms with E-state index in [1.165, 1.54) is 0 Å². The number of carbonyl (C=O) groups excluding carboxylic acids is 1. The zero-order valence-electron chi connectivity index (χ0n) is 11.6. The highest BCUT2D eigenvalue weighted by Crippen LogP contribution is 2.22. The monoisotopic (exact) mass is 273 g/mol. The standard InChI is InChI=1S/C14H19N5O/c1-2-15-13(20)11-6-5-8-18(10-11)14-17-16-12-7-3-4-9-19(12)14/h3-4,7,9,11H,2,5-6,8,10H2,1H3,(H,15,20). The van der Waals surface area contributed by atoms with Crippen molar-refractivity contribution in [3.8, 4) is 0 Å². The van der Waals surface area contributed by atoms with Gasteiger partial charge in [-0.15, -0.1) is 10.2 Å². The van der Waals surface area contributed by atoms with E-state index in [1.54, 1.807) is 0 Å². The Hall–Kier alpha value is -2.11. The summed E-state index contributed by atoms with van der Waals surface area (Å²) in [5, 5.41) is 11.3. The van der Waals surface area contributed by atoms with Crippen molar-refractivity contribution in [2.75, 3.05) is 24.5 Å². The first-order valence-electron chi connectivity index (χ1n) is 7.12. The number of carbonyl (C=O) groups is 1. The second kappa shape index (κ2) is 5.48. The molecule has 3 rings (SSSR count). The molecule has 1 unspecified atom stereocenters. The minimum Gasteiger partial charge on any atom is -0.356 e. The number of amides is 1. The van der Waals surface area contributed by atoms with Gasteiger partial charge < -0.3 is 10.2 Å². The predicted molar refractivity (Wildman–Crippen MR) is 76.6 cm³/mol. The molecule has 1 fully saturated rings. The van der Waals surface area contributed by atoms with Gasteiger partial charge in [-0.3, -0.25) is 9.20 Å². The van der Waals surface area contributed by atoms with E-state index in [0.717, 1.165) is 31.0 Å². The van der Waals surface area contributed by atoms with E-state index in [1.807, 2.05) is 35.7 Å². The molecule has 1 saturated heterocycles. The number of pyridine rings is 1. The van der Waals surface area contributed by atoms with Crippen LogP contribution in [-0.2, 0) is 4.79 Å². The van der Waals surface area contributed by atoms with E-state index >= 15 is 0 Å². The molecular weight excluding hydrogens is 254 g/mol. The molecule has 20 heavy (non-hydrogen) atoms. The highest BCUT2D eigenvalue weighted by molar-refractivity contribution is 5.79. The van der Waals surface area contributed by atoms with Gasteiger partial charge in [0, 0.05) is 25.8 Å². The van der Waals surface area contributed by atoms with E-state index in [-0.39, 0.29) is 11.8 Å². The number of hydrogen-bond acceptors (Lipinski definition) is 4. The van der Waals surface area contributed by atoms with Gasteiger partial charge in [0.05, 0.1) is 5.92 Å². The Kier molecular flexibility index (Phi) is 3.54. The largest absolute Gasteiger partial charge is 0.356 e. The Bertz CT molecular complexity index is 608. The fourth-order valence-electron chi connectivity index (χ4n) is 2.74. The van der Waals surface area contributed by atoms with Crippen LogP contribution in [0.5, 0.6) is 0 Å². The van der Waals surface area contributed by atoms with Crippen LogP contribution in [0.1, 0.15) is 19.8 Å². The molecule has 1 N–H and O–H groups in total. The van der Waals surface area contributed by atoms with Crippen LogP contribution < -0.4 is 10.2 Å². The molecular formula is C14H19N5O. The lowest BCUT2D eigenvalue weighted by Gasteiger charge is -2.31. The second-order valence-electron chi connectivity index (χ2n) is 5.11. The molecule has 2 aromatic heterocycles. The number of fused-ring (bicyclic) bond motifs is 1. The normalized spacial score (nSPS) is 19.2. The zero-order valence-corrected chi connectivity index (χ0v) is 11.6. The molecule has 0 bridgehead atoms. The lowest BCUT2D eigenvalue weighted by atomic mass is 9.97. The number of piperidine rings is 1. The fraction of sp³-hybridized carbons (Fsp3) is 0.500. The maximum atomic E-state index is 12.0. The molecule has 0 spiro atoms. The average molecular weight is 273 g/mol. The van der Waals surface area contributed by atoms with Gasteiger partial charge in [0.25, 0.3) is 0 Å². The molecule has 3 heterocycles. The van der Waals surface area contributed by atoms with Crippen molar-refractivity contribution in [3.63, 3.8) is 0 Å². The number of nitrogens with zero attached hydrogens (tertiary/aromatic N) is 4. The van der Waals surface area contributed by atoms with Crippen LogP contribution in [0.25, 0.3) is 5.65 Å². The van der Waals surface area contributed by atoms with Crippen molar-refractivity contribution in [3.05, 3.63) is 24.4 Å². The smallest absolute Gasteiger partial charge is 0.231 e. The van der Waals surface area contributed by atoms with E-state index in [2.05, 4.69) is 20.4 Å². The molecule has 1 aliphatic rings. The highest BCUT2D eigenvalue weighted by Gasteiger charge is 2.27. The Morgan fingerprint density at radius 2 is 2.35 bits per heavy atom. The van der Waals surface area contributed by atoms with Crippen LogP contribution in [0.3, 0.4) is 0 Å². The Labute approximate surface area is 117 Å². The molecule has 1 aliphatic heterocycles. The third-order valence-electron chi connectivity index (χ3n) is 3.72. The number of hydrogen-bond donors (Lipinski definition) is 1. The Morgan fingerprint density at radius 3 is 3.20 bits per heavy atom. The lowest BCUT2D eigenvalue weighted by molar-refractivity contribution is -0.125. The third kappa shape index (κ3) is 2.33. The summed E-state index contributed by atoms with van der Waals surface area (Å²) >= 11 is 0. The maximum Gasteiger partial charge on any atom is 0.231 e. The zero-order chi connectivity index (χ0) is 13.9. The molecule has 0 aliphatic carbocycles. The summed E-state index contributed by atoms with van der Waals surface area (Å²) < 4.78 is 1.97. The number of aromatic nitrogens is 3. The Morgan fingerprint density at radius 1 is 1.45 bits per heavy atom. The first-order valence-corrected chi connectivity index (χ1v) is 7.12. The molecule has 6 heteroatoms. The Balaban J connectivity index is 1.81. The molecule has 2 aromatic rings. The third-order valence-corrected chi connectivity index (χ3v) is 3.72. The summed E-state index contributed by atoms with van der Waals surface area (Å²) in [7, 11) is 0. The number of rotatable bonds is 3. The van der Waals surface area contributed by atoms with Crippen LogP contribution in [0.2, 0.25) is 0 Å². The van der Waals surface area contributed by atoms with Gasteiger partial charge in [-0.25, -0.2) is 0 Å². The highest BCUT2D eigenvalue weighted by atomic mass is 16.1. The summed E-state index contributed by atoms with van der Waals surface area (Å²) in [6, 6.07) is 5.84. The van der Waals surface area contributed by atoms with Crippen molar-refractivity contribution >= 4 is 17.5 Å². The van der Waals surface area contributed by atoms with E-state index in [9.17, 15) is 4.79 Å². The van der Waals surface area contributed by atoms with Gasteiger partial charge in [-0.05, 0) is 31.9 Å². The van der Waals surface area contributed by atoms with Gasteiger partial charge in [-0.1, -0.05) is 6.07 Å². The van der Waals surface area contributed by atoms with Crippen molar-refractivity contribution in [1.29, 1.82) is 0 Å². The van der Waals surface area contributed by atoms with E-state index < -0.39 is 0 Å². The van der Waals surface area contributed by atoms with Crippen molar-refractivity contribution in [2.45, 2.75) is 19.8 Å². The quantitative estimate of drug-likeness (QED) is 0.909. The van der Waals surface area contributed by atoms with Crippen LogP contribution in [0.15, 0.2) is 24.4 Å². The topological polar surface area (TPSA) is 62.5 Å². The summed E-state index contributed by atoms with van der Waals surface area (Å²) in [6.45, 7) is 4.26. The van der Waals surface area contributed by atoms with Crippen LogP contribution >= 0.6 is 0 Å². The molecule has 1 amide bonds. The second-order valence-corrected chi connectivity index (χ2v) is 5.11. The SMILES string of the molecule is CCNC(=O)C1CCCN(c2nnc3ccccn23)C1. The number of nitrogens with one attached hydrogen (secondary N) is 1. The van der Waals surface area contributed by atoms with E-state index in [4.69, 9.17) is 0 Å². The molecule has 106 valence electrons. The molecule has 0 saturated carbocycles. The van der Waals surface area contributed by atoms with Crippen LogP contribution in [0.4, 0.5) is 5.95 Å². The predicted octanol–water partition coefficient (Wildman–Crippen LogP) is 1.08. The fourth-order valence-corrected chi connectivity index (χ4v) is 2.74. The van der Waals surface area contributed by atoms with Gasteiger partial charge in [0.2, 0.25) is 11.9 Å². The van der Waals surface area contributed by atoms with Crippen molar-refractivity contribution < 1.29 is 4.79 Å². The van der Waals surface area contributed by atoms with Crippen molar-refractivity contribution in [1.82, 2.24) is 19.9 Å². The van der Waals surface area contributed by atoms with Crippen LogP contribution in [-0.4, -0.2) is 40.1 Å². The van der Waals surface area contributed by atoms with Gasteiger partial charge in [0.15, 0.2) is 5.65 Å². The lowest BCUT2D eigenvalue weighted by Crippen LogP contribution is -2.43. The van der Waals surface area contributed by atoms with Crippen molar-refractivity contribution in [2.24, 2.45) is 5.92 Å². The summed E-state index contributed by atoms with van der Waals surface area (Å²) in [5.41, 5.74) is 0.836. The summed E-state index contributed by atoms with van der Waals surface area (Å²) in [6.07, 6.45) is 3.91. The minimum atomic E-state index is 0.0414. The summed E-state index contributed by atoms with van der Waals surface area (Å²) in [5.74, 6) is 1.01. The van der Waals surface area contributed by atoms with Gasteiger partial charge in [-0.2, -0.15) is 0 Å². The minimum absolute atomic E-state index is 0.0414. The first-order chi connectivity index (χ1) is 9.79. The average Bonchev–Trinajstić information content (AvgIpc) is 2.91. The van der Waals surface area contributed by atoms with Crippen LogP contribution in [0, 0.1) is 5.92 Å². The maximum absolute atomic E-state index is 12.0.